The van der Waals surface area contributed by atoms with E-state index in [1.807, 2.05) is 42.5 Å². The highest BCUT2D eigenvalue weighted by atomic mass is 35.5. The van der Waals surface area contributed by atoms with Gasteiger partial charge in [0.1, 0.15) is 0 Å². The molecule has 3 rings (SSSR count). The van der Waals surface area contributed by atoms with Gasteiger partial charge in [0, 0.05) is 16.1 Å². The van der Waals surface area contributed by atoms with E-state index < -0.39 is 0 Å². The SMILES string of the molecule is CCCCCCc1cc(C(=O)N/N=C/c2ccc(Cl)cc2)c2ccccc2n1. The number of fused-ring (bicyclic) bond motifs is 1. The number of carbonyl (C=O) groups is 1. The monoisotopic (exact) mass is 393 g/mol. The molecule has 1 aromatic heterocycles. The number of para-hydroxylation sites is 1. The van der Waals surface area contributed by atoms with Crippen LogP contribution in [0.25, 0.3) is 10.9 Å². The average Bonchev–Trinajstić information content (AvgIpc) is 2.72. The second-order valence-corrected chi connectivity index (χ2v) is 7.18. The van der Waals surface area contributed by atoms with Gasteiger partial charge >= 0.3 is 0 Å². The number of aromatic nitrogens is 1. The van der Waals surface area contributed by atoms with Crippen molar-refractivity contribution in [2.24, 2.45) is 5.10 Å². The number of halogens is 1. The summed E-state index contributed by atoms with van der Waals surface area (Å²) in [5.74, 6) is -0.237. The molecule has 0 aliphatic carbocycles. The smallest absolute Gasteiger partial charge is 0.267 e. The fourth-order valence-corrected chi connectivity index (χ4v) is 3.18. The number of nitrogens with one attached hydrogen (secondary N) is 1. The van der Waals surface area contributed by atoms with E-state index in [1.54, 1.807) is 18.3 Å². The van der Waals surface area contributed by atoms with Crippen LogP contribution in [0.4, 0.5) is 0 Å². The molecule has 0 radical (unpaired) electrons. The van der Waals surface area contributed by atoms with Crippen molar-refractivity contribution >= 4 is 34.6 Å². The zero-order chi connectivity index (χ0) is 19.8. The first-order chi connectivity index (χ1) is 13.7. The van der Waals surface area contributed by atoms with Gasteiger partial charge in [0.05, 0.1) is 17.3 Å². The van der Waals surface area contributed by atoms with Crippen LogP contribution >= 0.6 is 11.6 Å². The van der Waals surface area contributed by atoms with E-state index in [-0.39, 0.29) is 5.91 Å². The summed E-state index contributed by atoms with van der Waals surface area (Å²) in [5.41, 5.74) is 5.87. The summed E-state index contributed by atoms with van der Waals surface area (Å²) >= 11 is 5.88. The Morgan fingerprint density at radius 3 is 2.68 bits per heavy atom. The molecule has 0 aliphatic rings. The van der Waals surface area contributed by atoms with Crippen molar-refractivity contribution in [3.05, 3.63) is 76.4 Å². The first-order valence-electron chi connectivity index (χ1n) is 9.65. The van der Waals surface area contributed by atoms with E-state index in [9.17, 15) is 4.79 Å². The van der Waals surface area contributed by atoms with Gasteiger partial charge < -0.3 is 0 Å². The summed E-state index contributed by atoms with van der Waals surface area (Å²) in [4.78, 5) is 17.5. The first kappa shape index (κ1) is 20.0. The second-order valence-electron chi connectivity index (χ2n) is 6.74. The third-order valence-electron chi connectivity index (χ3n) is 4.55. The van der Waals surface area contributed by atoms with Crippen LogP contribution in [0.1, 0.15) is 54.2 Å². The Kier molecular flexibility index (Phi) is 7.15. The summed E-state index contributed by atoms with van der Waals surface area (Å²) in [5, 5.41) is 5.58. The van der Waals surface area contributed by atoms with Crippen molar-refractivity contribution in [1.82, 2.24) is 10.4 Å². The Balaban J connectivity index is 1.77. The topological polar surface area (TPSA) is 54.4 Å². The number of nitrogens with zero attached hydrogens (tertiary/aromatic N) is 2. The van der Waals surface area contributed by atoms with Crippen molar-refractivity contribution in [2.75, 3.05) is 0 Å². The standard InChI is InChI=1S/C23H24ClN3O/c1-2-3-4-5-8-19-15-21(20-9-6-7-10-22(20)26-19)23(28)27-25-16-17-11-13-18(24)14-12-17/h6-7,9-16H,2-5,8H2,1H3,(H,27,28)/b25-16+. The second kappa shape index (κ2) is 10.00. The minimum atomic E-state index is -0.237. The predicted octanol–water partition coefficient (Wildman–Crippen LogP) is 5.77. The van der Waals surface area contributed by atoms with Crippen LogP contribution in [0, 0.1) is 0 Å². The minimum absolute atomic E-state index is 0.237. The van der Waals surface area contributed by atoms with E-state index in [4.69, 9.17) is 16.6 Å². The van der Waals surface area contributed by atoms with Crippen molar-refractivity contribution in [1.29, 1.82) is 0 Å². The lowest BCUT2D eigenvalue weighted by Crippen LogP contribution is -2.18. The maximum Gasteiger partial charge on any atom is 0.272 e. The van der Waals surface area contributed by atoms with E-state index >= 15 is 0 Å². The average molecular weight is 394 g/mol. The molecule has 2 aromatic carbocycles. The highest BCUT2D eigenvalue weighted by Crippen LogP contribution is 2.20. The van der Waals surface area contributed by atoms with Gasteiger partial charge in [-0.3, -0.25) is 9.78 Å². The predicted molar refractivity (Wildman–Crippen MR) is 116 cm³/mol. The molecule has 0 unspecified atom stereocenters. The number of unbranched alkanes of at least 4 members (excludes halogenated alkanes) is 3. The third-order valence-corrected chi connectivity index (χ3v) is 4.80. The maximum atomic E-state index is 12.8. The van der Waals surface area contributed by atoms with Gasteiger partial charge in [-0.25, -0.2) is 5.43 Å². The summed E-state index contributed by atoms with van der Waals surface area (Å²) in [6, 6.07) is 16.9. The largest absolute Gasteiger partial charge is 0.272 e. The summed E-state index contributed by atoms with van der Waals surface area (Å²) in [6.07, 6.45) is 7.15. The van der Waals surface area contributed by atoms with Crippen LogP contribution < -0.4 is 5.43 Å². The molecule has 0 saturated carbocycles. The van der Waals surface area contributed by atoms with E-state index in [0.29, 0.717) is 10.6 Å². The normalized spacial score (nSPS) is 11.2. The molecule has 1 heterocycles. The van der Waals surface area contributed by atoms with Crippen molar-refractivity contribution in [3.8, 4) is 0 Å². The Bertz CT molecular complexity index is 967. The van der Waals surface area contributed by atoms with Crippen LogP contribution in [-0.4, -0.2) is 17.1 Å². The summed E-state index contributed by atoms with van der Waals surface area (Å²) in [7, 11) is 0. The molecule has 5 heteroatoms. The number of pyridine rings is 1. The number of benzene rings is 2. The first-order valence-corrected chi connectivity index (χ1v) is 10.0. The molecule has 0 atom stereocenters. The lowest BCUT2D eigenvalue weighted by Gasteiger charge is -2.09. The maximum absolute atomic E-state index is 12.8. The molecule has 0 aliphatic heterocycles. The fourth-order valence-electron chi connectivity index (χ4n) is 3.05. The molecular weight excluding hydrogens is 370 g/mol. The minimum Gasteiger partial charge on any atom is -0.267 e. The van der Waals surface area contributed by atoms with Gasteiger partial charge in [-0.2, -0.15) is 5.10 Å². The van der Waals surface area contributed by atoms with Crippen LogP contribution in [0.5, 0.6) is 0 Å². The van der Waals surface area contributed by atoms with Crippen LogP contribution in [0.3, 0.4) is 0 Å². The molecule has 0 spiro atoms. The lowest BCUT2D eigenvalue weighted by molar-refractivity contribution is 0.0956. The van der Waals surface area contributed by atoms with E-state index in [1.165, 1.54) is 19.3 Å². The number of hydrogen-bond donors (Lipinski definition) is 1. The van der Waals surface area contributed by atoms with Crippen molar-refractivity contribution in [3.63, 3.8) is 0 Å². The van der Waals surface area contributed by atoms with E-state index in [0.717, 1.165) is 35.0 Å². The number of amides is 1. The van der Waals surface area contributed by atoms with Gasteiger partial charge in [0.25, 0.3) is 5.91 Å². The van der Waals surface area contributed by atoms with Gasteiger partial charge in [-0.05, 0) is 42.7 Å². The summed E-state index contributed by atoms with van der Waals surface area (Å²) in [6.45, 7) is 2.20. The number of hydrogen-bond acceptors (Lipinski definition) is 3. The molecule has 4 nitrogen and oxygen atoms in total. The molecular formula is C23H24ClN3O. The third kappa shape index (κ3) is 5.40. The Morgan fingerprint density at radius 1 is 1.11 bits per heavy atom. The van der Waals surface area contributed by atoms with Gasteiger partial charge in [-0.1, -0.05) is 68.1 Å². The zero-order valence-corrected chi connectivity index (χ0v) is 16.7. The van der Waals surface area contributed by atoms with Crippen molar-refractivity contribution < 1.29 is 4.79 Å². The number of carbonyl (C=O) groups excluding carboxylic acids is 1. The Hall–Kier alpha value is -2.72. The fraction of sp³-hybridized carbons (Fsp3) is 0.261. The molecule has 0 bridgehead atoms. The molecule has 1 N–H and O–H groups in total. The molecule has 1 amide bonds. The van der Waals surface area contributed by atoms with Gasteiger partial charge in [0.15, 0.2) is 0 Å². The Labute approximate surface area is 170 Å². The molecule has 0 saturated heterocycles. The molecule has 28 heavy (non-hydrogen) atoms. The van der Waals surface area contributed by atoms with Crippen LogP contribution in [0.2, 0.25) is 5.02 Å². The van der Waals surface area contributed by atoms with Crippen LogP contribution in [-0.2, 0) is 6.42 Å². The quantitative estimate of drug-likeness (QED) is 0.300. The highest BCUT2D eigenvalue weighted by molar-refractivity contribution is 6.30. The lowest BCUT2D eigenvalue weighted by atomic mass is 10.0. The zero-order valence-electron chi connectivity index (χ0n) is 16.0. The molecule has 0 fully saturated rings. The summed E-state index contributed by atoms with van der Waals surface area (Å²) < 4.78 is 0. The van der Waals surface area contributed by atoms with Crippen molar-refractivity contribution in [2.45, 2.75) is 39.0 Å². The van der Waals surface area contributed by atoms with Gasteiger partial charge in [-0.15, -0.1) is 0 Å². The molecule has 144 valence electrons. The van der Waals surface area contributed by atoms with E-state index in [2.05, 4.69) is 17.5 Å². The molecule has 3 aromatic rings. The van der Waals surface area contributed by atoms with Crippen LogP contribution in [0.15, 0.2) is 59.7 Å². The number of aryl methyl sites for hydroxylation is 1. The number of rotatable bonds is 8. The Morgan fingerprint density at radius 2 is 1.89 bits per heavy atom. The number of hydrazone groups is 1. The highest BCUT2D eigenvalue weighted by Gasteiger charge is 2.12. The van der Waals surface area contributed by atoms with Gasteiger partial charge in [0.2, 0.25) is 0 Å².